The number of nitrogens with zero attached hydrogens (tertiary/aromatic N) is 1. The van der Waals surface area contributed by atoms with Crippen LogP contribution in [0.15, 0.2) is 24.3 Å². The van der Waals surface area contributed by atoms with Crippen molar-refractivity contribution >= 4 is 21.6 Å². The zero-order chi connectivity index (χ0) is 15.5. The van der Waals surface area contributed by atoms with Crippen molar-refractivity contribution in [2.45, 2.75) is 38.6 Å². The Balaban J connectivity index is 2.12. The normalized spacial score (nSPS) is 19.3. The average molecular weight is 310 g/mol. The van der Waals surface area contributed by atoms with Gasteiger partial charge in [0.1, 0.15) is 0 Å². The van der Waals surface area contributed by atoms with Gasteiger partial charge in [-0.15, -0.1) is 0 Å². The lowest BCUT2D eigenvalue weighted by atomic mass is 9.99. The van der Waals surface area contributed by atoms with Crippen molar-refractivity contribution in [3.63, 3.8) is 0 Å². The Morgan fingerprint density at radius 3 is 2.52 bits per heavy atom. The van der Waals surface area contributed by atoms with Gasteiger partial charge in [0.2, 0.25) is 10.0 Å². The molecule has 1 aliphatic heterocycles. The molecule has 5 nitrogen and oxygen atoms in total. The topological polar surface area (TPSA) is 66.5 Å². The molecule has 1 atom stereocenters. The second-order valence-electron chi connectivity index (χ2n) is 5.51. The fourth-order valence-corrected chi connectivity index (χ4v) is 3.32. The van der Waals surface area contributed by atoms with E-state index in [2.05, 4.69) is 11.6 Å². The molecule has 1 heterocycles. The van der Waals surface area contributed by atoms with E-state index >= 15 is 0 Å². The van der Waals surface area contributed by atoms with Gasteiger partial charge in [0.15, 0.2) is 0 Å². The first kappa shape index (κ1) is 15.8. The van der Waals surface area contributed by atoms with E-state index in [0.29, 0.717) is 17.3 Å². The summed E-state index contributed by atoms with van der Waals surface area (Å²) >= 11 is 0. The minimum atomic E-state index is -3.29. The number of benzene rings is 1. The first-order chi connectivity index (χ1) is 9.90. The van der Waals surface area contributed by atoms with Crippen LogP contribution in [0.25, 0.3) is 0 Å². The van der Waals surface area contributed by atoms with E-state index in [1.807, 2.05) is 4.90 Å². The van der Waals surface area contributed by atoms with Crippen LogP contribution in [0.3, 0.4) is 0 Å². The summed E-state index contributed by atoms with van der Waals surface area (Å²) in [4.78, 5) is 14.5. The van der Waals surface area contributed by atoms with Crippen LogP contribution in [0.4, 0.5) is 5.69 Å². The molecule has 0 radical (unpaired) electrons. The summed E-state index contributed by atoms with van der Waals surface area (Å²) in [5.41, 5.74) is 1.08. The van der Waals surface area contributed by atoms with Gasteiger partial charge in [-0.05, 0) is 49.9 Å². The molecule has 21 heavy (non-hydrogen) atoms. The molecule has 1 aromatic rings. The van der Waals surface area contributed by atoms with Crippen LogP contribution in [-0.2, 0) is 10.0 Å². The predicted molar refractivity (Wildman–Crippen MR) is 83.9 cm³/mol. The number of anilines is 1. The standard InChI is InChI=1S/C15H22N2O3S/c1-3-14-6-4-5-11-17(14)15(18)12-7-9-13(10-8-12)16-21(2,19)20/h7-10,14,16H,3-6,11H2,1-2H3. The van der Waals surface area contributed by atoms with E-state index in [9.17, 15) is 13.2 Å². The van der Waals surface area contributed by atoms with E-state index in [-0.39, 0.29) is 5.91 Å². The Morgan fingerprint density at radius 2 is 1.95 bits per heavy atom. The van der Waals surface area contributed by atoms with Gasteiger partial charge in [-0.2, -0.15) is 0 Å². The number of hydrogen-bond donors (Lipinski definition) is 1. The van der Waals surface area contributed by atoms with Crippen LogP contribution in [-0.4, -0.2) is 38.1 Å². The Labute approximate surface area is 126 Å². The van der Waals surface area contributed by atoms with Crippen molar-refractivity contribution in [1.29, 1.82) is 0 Å². The molecule has 0 saturated carbocycles. The van der Waals surface area contributed by atoms with Crippen LogP contribution in [0.1, 0.15) is 43.0 Å². The minimum Gasteiger partial charge on any atom is -0.336 e. The van der Waals surface area contributed by atoms with E-state index in [1.54, 1.807) is 24.3 Å². The molecule has 1 amide bonds. The van der Waals surface area contributed by atoms with Gasteiger partial charge in [0, 0.05) is 23.8 Å². The molecule has 2 rings (SSSR count). The van der Waals surface area contributed by atoms with Crippen molar-refractivity contribution in [2.75, 3.05) is 17.5 Å². The summed E-state index contributed by atoms with van der Waals surface area (Å²) < 4.78 is 24.7. The number of likely N-dealkylation sites (tertiary alicyclic amines) is 1. The van der Waals surface area contributed by atoms with Crippen molar-refractivity contribution < 1.29 is 13.2 Å². The van der Waals surface area contributed by atoms with Crippen molar-refractivity contribution in [3.8, 4) is 0 Å². The number of hydrogen-bond acceptors (Lipinski definition) is 3. The maximum Gasteiger partial charge on any atom is 0.254 e. The van der Waals surface area contributed by atoms with Gasteiger partial charge in [0.25, 0.3) is 5.91 Å². The lowest BCUT2D eigenvalue weighted by Gasteiger charge is -2.35. The molecule has 116 valence electrons. The number of nitrogens with one attached hydrogen (secondary N) is 1. The fraction of sp³-hybridized carbons (Fsp3) is 0.533. The Kier molecular flexibility index (Phi) is 4.88. The second kappa shape index (κ2) is 6.47. The number of carbonyl (C=O) groups is 1. The van der Waals surface area contributed by atoms with Gasteiger partial charge in [-0.25, -0.2) is 8.42 Å². The molecule has 1 unspecified atom stereocenters. The van der Waals surface area contributed by atoms with Crippen molar-refractivity contribution in [2.24, 2.45) is 0 Å². The van der Waals surface area contributed by atoms with E-state index < -0.39 is 10.0 Å². The predicted octanol–water partition coefficient (Wildman–Crippen LogP) is 2.46. The third kappa shape index (κ3) is 4.20. The SMILES string of the molecule is CCC1CCCCN1C(=O)c1ccc(NS(C)(=O)=O)cc1. The largest absolute Gasteiger partial charge is 0.336 e. The van der Waals surface area contributed by atoms with E-state index in [4.69, 9.17) is 0 Å². The third-order valence-electron chi connectivity index (χ3n) is 3.79. The molecular weight excluding hydrogens is 288 g/mol. The molecule has 1 fully saturated rings. The smallest absolute Gasteiger partial charge is 0.254 e. The summed E-state index contributed by atoms with van der Waals surface area (Å²) in [6.45, 7) is 2.91. The van der Waals surface area contributed by atoms with Gasteiger partial charge in [0.05, 0.1) is 6.26 Å². The van der Waals surface area contributed by atoms with E-state index in [1.165, 1.54) is 6.42 Å². The molecule has 1 aromatic carbocycles. The number of carbonyl (C=O) groups excluding carboxylic acids is 1. The summed E-state index contributed by atoms with van der Waals surface area (Å²) in [6.07, 6.45) is 5.37. The minimum absolute atomic E-state index is 0.0347. The van der Waals surface area contributed by atoms with Gasteiger partial charge in [-0.1, -0.05) is 6.92 Å². The van der Waals surface area contributed by atoms with Crippen LogP contribution in [0, 0.1) is 0 Å². The maximum absolute atomic E-state index is 12.6. The monoisotopic (exact) mass is 310 g/mol. The first-order valence-electron chi connectivity index (χ1n) is 7.29. The lowest BCUT2D eigenvalue weighted by molar-refractivity contribution is 0.0608. The van der Waals surface area contributed by atoms with E-state index in [0.717, 1.165) is 32.1 Å². The average Bonchev–Trinajstić information content (AvgIpc) is 2.45. The van der Waals surface area contributed by atoms with Crippen LogP contribution in [0.5, 0.6) is 0 Å². The summed E-state index contributed by atoms with van der Waals surface area (Å²) in [5.74, 6) is 0.0347. The highest BCUT2D eigenvalue weighted by atomic mass is 32.2. The molecule has 1 aliphatic rings. The zero-order valence-electron chi connectivity index (χ0n) is 12.5. The quantitative estimate of drug-likeness (QED) is 0.929. The molecule has 0 aliphatic carbocycles. The molecule has 0 bridgehead atoms. The van der Waals surface area contributed by atoms with Crippen molar-refractivity contribution in [3.05, 3.63) is 29.8 Å². The van der Waals surface area contributed by atoms with Gasteiger partial charge in [-0.3, -0.25) is 9.52 Å². The molecular formula is C15H22N2O3S. The Hall–Kier alpha value is -1.56. The molecule has 1 N–H and O–H groups in total. The molecule has 0 spiro atoms. The number of piperidine rings is 1. The van der Waals surface area contributed by atoms with Gasteiger partial charge >= 0.3 is 0 Å². The molecule has 1 saturated heterocycles. The zero-order valence-corrected chi connectivity index (χ0v) is 13.3. The van der Waals surface area contributed by atoms with Crippen LogP contribution in [0.2, 0.25) is 0 Å². The molecule has 0 aromatic heterocycles. The number of rotatable bonds is 4. The first-order valence-corrected chi connectivity index (χ1v) is 9.18. The highest BCUT2D eigenvalue weighted by Gasteiger charge is 2.25. The summed E-state index contributed by atoms with van der Waals surface area (Å²) in [7, 11) is -3.29. The van der Waals surface area contributed by atoms with Crippen LogP contribution < -0.4 is 4.72 Å². The maximum atomic E-state index is 12.6. The second-order valence-corrected chi connectivity index (χ2v) is 7.26. The highest BCUT2D eigenvalue weighted by molar-refractivity contribution is 7.92. The third-order valence-corrected chi connectivity index (χ3v) is 4.40. The summed E-state index contributed by atoms with van der Waals surface area (Å²) in [5, 5.41) is 0. The lowest BCUT2D eigenvalue weighted by Crippen LogP contribution is -2.43. The number of sulfonamides is 1. The van der Waals surface area contributed by atoms with Crippen molar-refractivity contribution in [1.82, 2.24) is 4.90 Å². The summed E-state index contributed by atoms with van der Waals surface area (Å²) in [6, 6.07) is 6.92. The Bertz CT molecular complexity index is 596. The number of amides is 1. The fourth-order valence-electron chi connectivity index (χ4n) is 2.75. The van der Waals surface area contributed by atoms with Gasteiger partial charge < -0.3 is 4.90 Å². The highest BCUT2D eigenvalue weighted by Crippen LogP contribution is 2.22. The molecule has 6 heteroatoms. The Morgan fingerprint density at radius 1 is 1.29 bits per heavy atom. The van der Waals surface area contributed by atoms with Crippen LogP contribution >= 0.6 is 0 Å².